The fourth-order valence-corrected chi connectivity index (χ4v) is 7.14. The topological polar surface area (TPSA) is 204 Å². The van der Waals surface area contributed by atoms with E-state index in [0.29, 0.717) is 34.7 Å². The number of aryl methyl sites for hydroxylation is 2. The molecule has 0 unspecified atom stereocenters. The first-order chi connectivity index (χ1) is 24.6. The van der Waals surface area contributed by atoms with Gasteiger partial charge in [-0.25, -0.2) is 16.8 Å². The van der Waals surface area contributed by atoms with Crippen LogP contribution in [-0.2, 0) is 33.1 Å². The van der Waals surface area contributed by atoms with Crippen LogP contribution in [0.4, 0.5) is 22.7 Å². The van der Waals surface area contributed by atoms with Crippen molar-refractivity contribution in [1.82, 2.24) is 0 Å². The summed E-state index contributed by atoms with van der Waals surface area (Å²) in [5.41, 5.74) is 1.41. The molecule has 6 aromatic rings. The Bertz CT molecular complexity index is 2440. The second kappa shape index (κ2) is 17.6. The zero-order valence-electron chi connectivity index (χ0n) is 28.1. The van der Waals surface area contributed by atoms with Crippen molar-refractivity contribution in [2.75, 3.05) is 0 Å². The molecular formula is C36H28CaCl2N4O8S2. The first kappa shape index (κ1) is 42.0. The zero-order chi connectivity index (χ0) is 37.8. The number of halogens is 2. The summed E-state index contributed by atoms with van der Waals surface area (Å²) in [6, 6.07) is 25.9. The molecule has 2 N–H and O–H groups in total. The largest absolute Gasteiger partial charge is 2.00 e. The Hall–Kier alpha value is -3.70. The molecular weight excluding hydrogens is 792 g/mol. The Labute approximate surface area is 345 Å². The molecule has 0 saturated carbocycles. The number of phenolic OH excluding ortho intramolecular Hbond substituents is 2. The van der Waals surface area contributed by atoms with Gasteiger partial charge in [0.15, 0.2) is 0 Å². The van der Waals surface area contributed by atoms with E-state index in [1.165, 1.54) is 24.3 Å². The number of phenols is 2. The summed E-state index contributed by atoms with van der Waals surface area (Å²) < 4.78 is 69.2. The summed E-state index contributed by atoms with van der Waals surface area (Å²) in [5, 5.41) is 39.4. The molecule has 0 saturated heterocycles. The zero-order valence-corrected chi connectivity index (χ0v) is 33.4. The molecule has 6 rings (SSSR count). The van der Waals surface area contributed by atoms with Gasteiger partial charge in [0.25, 0.3) is 0 Å². The molecule has 0 fully saturated rings. The molecule has 0 aliphatic heterocycles. The van der Waals surface area contributed by atoms with Gasteiger partial charge in [0.1, 0.15) is 54.5 Å². The van der Waals surface area contributed by atoms with Gasteiger partial charge in [-0.2, -0.15) is 0 Å². The Kier molecular flexibility index (Phi) is 14.0. The van der Waals surface area contributed by atoms with Gasteiger partial charge in [0.2, 0.25) is 0 Å². The van der Waals surface area contributed by atoms with Crippen molar-refractivity contribution in [2.45, 2.75) is 36.5 Å². The third-order valence-electron chi connectivity index (χ3n) is 7.83. The number of aromatic hydroxyl groups is 2. The summed E-state index contributed by atoms with van der Waals surface area (Å²) in [5.74, 6) is -0.215. The molecule has 268 valence electrons. The number of rotatable bonds is 8. The van der Waals surface area contributed by atoms with E-state index in [2.05, 4.69) is 20.5 Å². The Morgan fingerprint density at radius 2 is 0.925 bits per heavy atom. The summed E-state index contributed by atoms with van der Waals surface area (Å²) in [7, 11) is -9.58. The van der Waals surface area contributed by atoms with Gasteiger partial charge in [-0.3, -0.25) is 0 Å². The van der Waals surface area contributed by atoms with Gasteiger partial charge in [0, 0.05) is 20.8 Å². The average Bonchev–Trinajstić information content (AvgIpc) is 3.10. The molecule has 17 heteroatoms. The number of hydrogen-bond acceptors (Lipinski definition) is 12. The summed E-state index contributed by atoms with van der Waals surface area (Å²) in [6.45, 7) is 3.67. The summed E-state index contributed by atoms with van der Waals surface area (Å²) in [4.78, 5) is -1.11. The van der Waals surface area contributed by atoms with Crippen LogP contribution in [0.2, 0.25) is 10.0 Å². The summed E-state index contributed by atoms with van der Waals surface area (Å²) in [6.07, 6.45) is 1.06. The third-order valence-corrected chi connectivity index (χ3v) is 10.3. The smallest absolute Gasteiger partial charge is 0.744 e. The molecule has 0 radical (unpaired) electrons. The molecule has 0 bridgehead atoms. The second-order valence-corrected chi connectivity index (χ2v) is 14.7. The van der Waals surface area contributed by atoms with Gasteiger partial charge in [-0.1, -0.05) is 97.7 Å². The van der Waals surface area contributed by atoms with Crippen molar-refractivity contribution in [3.63, 3.8) is 0 Å². The van der Waals surface area contributed by atoms with Gasteiger partial charge >= 0.3 is 37.7 Å². The minimum atomic E-state index is -4.79. The van der Waals surface area contributed by atoms with E-state index in [1.807, 2.05) is 38.1 Å². The summed E-state index contributed by atoms with van der Waals surface area (Å²) >= 11 is 12.0. The molecule has 0 heterocycles. The minimum absolute atomic E-state index is 0. The van der Waals surface area contributed by atoms with Crippen LogP contribution in [-0.4, -0.2) is 73.9 Å². The van der Waals surface area contributed by atoms with E-state index >= 15 is 0 Å². The number of hydrogen-bond donors (Lipinski definition) is 2. The van der Waals surface area contributed by atoms with E-state index in [9.17, 15) is 36.2 Å². The molecule has 6 aromatic carbocycles. The fourth-order valence-electron chi connectivity index (χ4n) is 5.18. The molecule has 12 nitrogen and oxygen atoms in total. The number of nitrogens with zero attached hydrogens (tertiary/aromatic N) is 4. The van der Waals surface area contributed by atoms with Crippen molar-refractivity contribution < 1.29 is 36.2 Å². The SMILES string of the molecule is CCc1cc(N=Nc2c(O)ccc3ccccc23)c(S(=O)(=O)[O-])cc1Cl.CCc1cc(N=Nc2c(O)ccc3ccccc23)c(S(=O)(=O)[O-])cc1Cl.[Ca+2]. The fraction of sp³-hybridized carbons (Fsp3) is 0.111. The van der Waals surface area contributed by atoms with Crippen molar-refractivity contribution in [1.29, 1.82) is 0 Å². The molecule has 0 aromatic heterocycles. The van der Waals surface area contributed by atoms with E-state index in [0.717, 1.165) is 22.9 Å². The number of fused-ring (bicyclic) bond motifs is 2. The van der Waals surface area contributed by atoms with Gasteiger partial charge in [-0.15, -0.1) is 20.5 Å². The normalized spacial score (nSPS) is 11.9. The maximum Gasteiger partial charge on any atom is 2.00 e. The second-order valence-electron chi connectivity index (χ2n) is 11.1. The van der Waals surface area contributed by atoms with Crippen molar-refractivity contribution in [2.24, 2.45) is 20.5 Å². The third kappa shape index (κ3) is 9.89. The van der Waals surface area contributed by atoms with Crippen LogP contribution in [0.5, 0.6) is 11.5 Å². The molecule has 0 spiro atoms. The predicted octanol–water partition coefficient (Wildman–Crippen LogP) is 9.78. The molecule has 0 aliphatic rings. The van der Waals surface area contributed by atoms with Crippen LogP contribution >= 0.6 is 23.2 Å². The van der Waals surface area contributed by atoms with Crippen LogP contribution in [0.15, 0.2) is 127 Å². The predicted molar refractivity (Wildman–Crippen MR) is 203 cm³/mol. The number of azo groups is 2. The van der Waals surface area contributed by atoms with Crippen molar-refractivity contribution in [3.8, 4) is 11.5 Å². The molecule has 0 amide bonds. The van der Waals surface area contributed by atoms with Crippen LogP contribution in [0, 0.1) is 0 Å². The number of benzene rings is 6. The molecule has 0 aliphatic carbocycles. The van der Waals surface area contributed by atoms with Gasteiger partial charge < -0.3 is 19.3 Å². The maximum absolute atomic E-state index is 11.5. The Morgan fingerprint density at radius 3 is 1.26 bits per heavy atom. The Morgan fingerprint density at radius 1 is 0.566 bits per heavy atom. The Balaban J connectivity index is 0.000000232. The van der Waals surface area contributed by atoms with Gasteiger partial charge in [-0.05, 0) is 71.1 Å². The molecule has 53 heavy (non-hydrogen) atoms. The monoisotopic (exact) mass is 818 g/mol. The first-order valence-electron chi connectivity index (χ1n) is 15.4. The maximum atomic E-state index is 11.5. The van der Waals surface area contributed by atoms with Crippen LogP contribution < -0.4 is 0 Å². The average molecular weight is 820 g/mol. The van der Waals surface area contributed by atoms with E-state index < -0.39 is 30.0 Å². The van der Waals surface area contributed by atoms with Crippen molar-refractivity contribution in [3.05, 3.63) is 118 Å². The van der Waals surface area contributed by atoms with Gasteiger partial charge in [0.05, 0.1) is 9.79 Å². The van der Waals surface area contributed by atoms with E-state index in [-0.39, 0.29) is 82.0 Å². The van der Waals surface area contributed by atoms with Crippen molar-refractivity contribution >= 4 is 125 Å². The quantitative estimate of drug-likeness (QED) is 0.0857. The van der Waals surface area contributed by atoms with E-state index in [1.54, 1.807) is 36.4 Å². The molecule has 0 atom stereocenters. The van der Waals surface area contributed by atoms with Crippen LogP contribution in [0.1, 0.15) is 25.0 Å². The van der Waals surface area contributed by atoms with Crippen LogP contribution in [0.25, 0.3) is 21.5 Å². The van der Waals surface area contributed by atoms with E-state index in [4.69, 9.17) is 23.2 Å². The minimum Gasteiger partial charge on any atom is -0.744 e. The standard InChI is InChI=1S/2C18H15ClN2O4S.Ca/c2*1-2-11-9-15(17(10-14(11)19)26(23,24)25)20-21-18-13-6-4-3-5-12(13)7-8-16(18)22;/h2*3-10,22H,2H2,1H3,(H,23,24,25);/q;;+2/p-2. The first-order valence-corrected chi connectivity index (χ1v) is 19.0. The van der Waals surface area contributed by atoms with Crippen LogP contribution in [0.3, 0.4) is 0 Å².